The van der Waals surface area contributed by atoms with Crippen LogP contribution in [0.4, 0.5) is 8.78 Å². The molecular weight excluding hydrogens is 262 g/mol. The second-order valence-corrected chi connectivity index (χ2v) is 4.68. The van der Waals surface area contributed by atoms with E-state index in [-0.39, 0.29) is 18.1 Å². The number of halogens is 2. The first-order chi connectivity index (χ1) is 9.61. The highest BCUT2D eigenvalue weighted by Gasteiger charge is 2.14. The molecule has 0 aliphatic rings. The highest BCUT2D eigenvalue weighted by Crippen LogP contribution is 2.26. The lowest BCUT2D eigenvalue weighted by atomic mass is 10.1. The van der Waals surface area contributed by atoms with Crippen LogP contribution in [0.25, 0.3) is 11.0 Å². The number of rotatable bonds is 3. The number of furan rings is 1. The third-order valence-corrected chi connectivity index (χ3v) is 3.14. The summed E-state index contributed by atoms with van der Waals surface area (Å²) in [6, 6.07) is 11.8. The summed E-state index contributed by atoms with van der Waals surface area (Å²) in [6.45, 7) is 0. The minimum atomic E-state index is -0.896. The molecule has 102 valence electrons. The summed E-state index contributed by atoms with van der Waals surface area (Å²) in [5, 5.41) is 10.7. The van der Waals surface area contributed by atoms with Gasteiger partial charge in [0.05, 0.1) is 0 Å². The fraction of sp³-hybridized carbons (Fsp3) is 0.125. The Morgan fingerprint density at radius 3 is 2.60 bits per heavy atom. The number of fused-ring (bicyclic) bond motifs is 1. The maximum Gasteiger partial charge on any atom is 0.134 e. The summed E-state index contributed by atoms with van der Waals surface area (Å²) in [5.74, 6) is -0.360. The molecule has 0 spiro atoms. The fourth-order valence-electron chi connectivity index (χ4n) is 2.19. The second kappa shape index (κ2) is 5.06. The molecule has 20 heavy (non-hydrogen) atoms. The first kappa shape index (κ1) is 12.8. The fourth-order valence-corrected chi connectivity index (χ4v) is 2.19. The molecule has 0 fully saturated rings. The van der Waals surface area contributed by atoms with Gasteiger partial charge in [0.25, 0.3) is 0 Å². The molecule has 0 saturated heterocycles. The zero-order chi connectivity index (χ0) is 14.1. The third kappa shape index (κ3) is 2.56. The summed E-state index contributed by atoms with van der Waals surface area (Å²) >= 11 is 0. The summed E-state index contributed by atoms with van der Waals surface area (Å²) in [6.07, 6.45) is -0.660. The normalized spacial score (nSPS) is 12.8. The van der Waals surface area contributed by atoms with Crippen LogP contribution in [0.3, 0.4) is 0 Å². The lowest BCUT2D eigenvalue weighted by Crippen LogP contribution is -2.00. The van der Waals surface area contributed by atoms with Crippen molar-refractivity contribution in [3.05, 3.63) is 71.5 Å². The van der Waals surface area contributed by atoms with Gasteiger partial charge in [-0.3, -0.25) is 0 Å². The van der Waals surface area contributed by atoms with Gasteiger partial charge >= 0.3 is 0 Å². The van der Waals surface area contributed by atoms with Crippen LogP contribution in [0.5, 0.6) is 0 Å². The molecule has 1 aromatic heterocycles. The summed E-state index contributed by atoms with van der Waals surface area (Å²) in [7, 11) is 0. The maximum atomic E-state index is 13.1. The van der Waals surface area contributed by atoms with Crippen molar-refractivity contribution in [1.29, 1.82) is 0 Å². The van der Waals surface area contributed by atoms with Gasteiger partial charge < -0.3 is 9.52 Å². The van der Waals surface area contributed by atoms with Crippen LogP contribution in [0, 0.1) is 11.6 Å². The Hall–Kier alpha value is -2.20. The van der Waals surface area contributed by atoms with Crippen molar-refractivity contribution in [2.45, 2.75) is 12.5 Å². The summed E-state index contributed by atoms with van der Waals surface area (Å²) in [5.41, 5.74) is 1.18. The van der Waals surface area contributed by atoms with Gasteiger partial charge in [-0.1, -0.05) is 12.1 Å². The summed E-state index contributed by atoms with van der Waals surface area (Å²) < 4.78 is 31.7. The van der Waals surface area contributed by atoms with E-state index < -0.39 is 6.10 Å². The molecule has 1 unspecified atom stereocenters. The molecule has 2 nitrogen and oxygen atoms in total. The number of benzene rings is 2. The van der Waals surface area contributed by atoms with Gasteiger partial charge in [0.15, 0.2) is 0 Å². The van der Waals surface area contributed by atoms with Gasteiger partial charge in [-0.05, 0) is 42.0 Å². The van der Waals surface area contributed by atoms with Crippen molar-refractivity contribution in [2.75, 3.05) is 0 Å². The van der Waals surface area contributed by atoms with Gasteiger partial charge in [0, 0.05) is 11.8 Å². The Kier molecular flexibility index (Phi) is 3.24. The molecule has 0 saturated carbocycles. The molecule has 0 aliphatic carbocycles. The van der Waals surface area contributed by atoms with E-state index >= 15 is 0 Å². The number of aliphatic hydroxyl groups excluding tert-OH is 1. The Balaban J connectivity index is 1.86. The zero-order valence-electron chi connectivity index (χ0n) is 10.5. The molecule has 3 rings (SSSR count). The molecule has 0 bridgehead atoms. The minimum Gasteiger partial charge on any atom is -0.458 e. The number of hydrogen-bond acceptors (Lipinski definition) is 2. The van der Waals surface area contributed by atoms with E-state index in [1.807, 2.05) is 0 Å². The first-order valence-electron chi connectivity index (χ1n) is 6.23. The van der Waals surface area contributed by atoms with Crippen LogP contribution >= 0.6 is 0 Å². The molecule has 1 heterocycles. The molecule has 1 N–H and O–H groups in total. The molecule has 0 radical (unpaired) electrons. The Labute approximate surface area is 114 Å². The van der Waals surface area contributed by atoms with Gasteiger partial charge in [0.1, 0.15) is 29.1 Å². The lowest BCUT2D eigenvalue weighted by Gasteiger charge is -2.07. The van der Waals surface area contributed by atoms with Gasteiger partial charge in [-0.15, -0.1) is 0 Å². The zero-order valence-corrected chi connectivity index (χ0v) is 10.5. The molecule has 3 aromatic rings. The quantitative estimate of drug-likeness (QED) is 0.783. The molecule has 0 aliphatic heterocycles. The SMILES string of the molecule is OC(Cc1cccc(F)c1)c1cc2cc(F)ccc2o1. The molecule has 4 heteroatoms. The molecular formula is C16H12F2O2. The number of aliphatic hydroxyl groups is 1. The van der Waals surface area contributed by atoms with Crippen molar-refractivity contribution >= 4 is 11.0 Å². The van der Waals surface area contributed by atoms with E-state index in [4.69, 9.17) is 4.42 Å². The van der Waals surface area contributed by atoms with Crippen LogP contribution in [-0.2, 0) is 6.42 Å². The topological polar surface area (TPSA) is 33.4 Å². The predicted octanol–water partition coefficient (Wildman–Crippen LogP) is 3.99. The van der Waals surface area contributed by atoms with Crippen LogP contribution in [0.15, 0.2) is 52.9 Å². The van der Waals surface area contributed by atoms with Crippen LogP contribution < -0.4 is 0 Å². The van der Waals surface area contributed by atoms with Gasteiger partial charge in [0.2, 0.25) is 0 Å². The Morgan fingerprint density at radius 2 is 1.80 bits per heavy atom. The Bertz CT molecular complexity index is 749. The van der Waals surface area contributed by atoms with E-state index in [0.717, 1.165) is 0 Å². The van der Waals surface area contributed by atoms with Crippen molar-refractivity contribution in [3.8, 4) is 0 Å². The van der Waals surface area contributed by atoms with E-state index in [9.17, 15) is 13.9 Å². The van der Waals surface area contributed by atoms with Gasteiger partial charge in [-0.25, -0.2) is 8.78 Å². The standard InChI is InChI=1S/C16H12F2O2/c17-12-3-1-2-10(6-12)7-14(19)16-9-11-8-13(18)4-5-15(11)20-16/h1-6,8-9,14,19H,7H2. The minimum absolute atomic E-state index is 0.236. The smallest absolute Gasteiger partial charge is 0.134 e. The predicted molar refractivity (Wildman–Crippen MR) is 71.2 cm³/mol. The van der Waals surface area contributed by atoms with Crippen LogP contribution in [0.1, 0.15) is 17.4 Å². The van der Waals surface area contributed by atoms with Crippen LogP contribution in [0.2, 0.25) is 0 Å². The van der Waals surface area contributed by atoms with E-state index in [2.05, 4.69) is 0 Å². The number of hydrogen-bond donors (Lipinski definition) is 1. The largest absolute Gasteiger partial charge is 0.458 e. The van der Waals surface area contributed by atoms with Crippen LogP contribution in [-0.4, -0.2) is 5.11 Å². The molecule has 2 aromatic carbocycles. The lowest BCUT2D eigenvalue weighted by molar-refractivity contribution is 0.152. The summed E-state index contributed by atoms with van der Waals surface area (Å²) in [4.78, 5) is 0. The van der Waals surface area contributed by atoms with E-state index in [1.54, 1.807) is 18.2 Å². The second-order valence-electron chi connectivity index (χ2n) is 4.68. The van der Waals surface area contributed by atoms with Crippen molar-refractivity contribution in [2.24, 2.45) is 0 Å². The molecule has 1 atom stereocenters. The maximum absolute atomic E-state index is 13.1. The van der Waals surface area contributed by atoms with Gasteiger partial charge in [-0.2, -0.15) is 0 Å². The van der Waals surface area contributed by atoms with E-state index in [1.165, 1.54) is 30.3 Å². The highest BCUT2D eigenvalue weighted by molar-refractivity contribution is 5.77. The van der Waals surface area contributed by atoms with Crippen molar-refractivity contribution < 1.29 is 18.3 Å². The van der Waals surface area contributed by atoms with Crippen molar-refractivity contribution in [3.63, 3.8) is 0 Å². The highest BCUT2D eigenvalue weighted by atomic mass is 19.1. The molecule has 0 amide bonds. The first-order valence-corrected chi connectivity index (χ1v) is 6.23. The Morgan fingerprint density at radius 1 is 1.00 bits per heavy atom. The third-order valence-electron chi connectivity index (χ3n) is 3.14. The monoisotopic (exact) mass is 274 g/mol. The average molecular weight is 274 g/mol. The van der Waals surface area contributed by atoms with E-state index in [0.29, 0.717) is 22.3 Å². The van der Waals surface area contributed by atoms with Crippen molar-refractivity contribution in [1.82, 2.24) is 0 Å². The average Bonchev–Trinajstić information content (AvgIpc) is 2.81.